The molecule has 1 aliphatic rings. The van der Waals surface area contributed by atoms with E-state index in [1.165, 1.54) is 25.9 Å². The number of hydrogen-bond donors (Lipinski definition) is 1. The lowest BCUT2D eigenvalue weighted by Gasteiger charge is -2.38. The molecule has 1 aliphatic heterocycles. The molecule has 2 N–H and O–H groups in total. The molecule has 0 aromatic rings. The van der Waals surface area contributed by atoms with E-state index in [2.05, 4.69) is 25.7 Å². The van der Waals surface area contributed by atoms with E-state index in [4.69, 9.17) is 18.0 Å². The van der Waals surface area contributed by atoms with Crippen LogP contribution in [-0.4, -0.2) is 29.5 Å². The maximum atomic E-state index is 5.51. The van der Waals surface area contributed by atoms with Crippen molar-refractivity contribution < 1.29 is 0 Å². The maximum absolute atomic E-state index is 5.51. The van der Waals surface area contributed by atoms with Crippen LogP contribution in [0, 0.1) is 11.3 Å². The van der Waals surface area contributed by atoms with Gasteiger partial charge >= 0.3 is 0 Å². The number of hydrogen-bond acceptors (Lipinski definition) is 2. The molecule has 15 heavy (non-hydrogen) atoms. The molecule has 3 heteroatoms. The molecule has 0 unspecified atom stereocenters. The van der Waals surface area contributed by atoms with Gasteiger partial charge in [0.15, 0.2) is 0 Å². The first kappa shape index (κ1) is 12.9. The molecule has 0 amide bonds. The minimum Gasteiger partial charge on any atom is -0.393 e. The van der Waals surface area contributed by atoms with Gasteiger partial charge in [0.2, 0.25) is 0 Å². The fourth-order valence-electron chi connectivity index (χ4n) is 2.29. The predicted molar refractivity (Wildman–Crippen MR) is 70.0 cm³/mol. The Kier molecular flexibility index (Phi) is 4.53. The van der Waals surface area contributed by atoms with Crippen molar-refractivity contribution in [2.24, 2.45) is 17.1 Å². The van der Waals surface area contributed by atoms with Crippen molar-refractivity contribution in [3.63, 3.8) is 0 Å². The highest BCUT2D eigenvalue weighted by molar-refractivity contribution is 7.80. The van der Waals surface area contributed by atoms with Crippen LogP contribution in [0.25, 0.3) is 0 Å². The summed E-state index contributed by atoms with van der Waals surface area (Å²) in [6.45, 7) is 10.5. The second-order valence-corrected chi connectivity index (χ2v) is 6.22. The molecule has 2 nitrogen and oxygen atoms in total. The van der Waals surface area contributed by atoms with Crippen LogP contribution >= 0.6 is 12.2 Å². The van der Waals surface area contributed by atoms with E-state index in [1.807, 2.05) is 0 Å². The Morgan fingerprint density at radius 1 is 1.33 bits per heavy atom. The Bertz CT molecular complexity index is 212. The molecule has 0 spiro atoms. The SMILES string of the molecule is CC(C)(C)C1CCN(CCC(N)=S)CC1. The van der Waals surface area contributed by atoms with Gasteiger partial charge in [-0.05, 0) is 37.3 Å². The Labute approximate surface area is 99.2 Å². The third kappa shape index (κ3) is 4.47. The Balaban J connectivity index is 2.27. The van der Waals surface area contributed by atoms with Gasteiger partial charge < -0.3 is 10.6 Å². The highest BCUT2D eigenvalue weighted by Crippen LogP contribution is 2.34. The molecule has 0 aliphatic carbocycles. The number of nitrogens with zero attached hydrogens (tertiary/aromatic N) is 1. The summed E-state index contributed by atoms with van der Waals surface area (Å²) in [4.78, 5) is 3.13. The molecule has 88 valence electrons. The lowest BCUT2D eigenvalue weighted by atomic mass is 9.75. The molecule has 0 aromatic heterocycles. The van der Waals surface area contributed by atoms with Crippen LogP contribution in [0.2, 0.25) is 0 Å². The Morgan fingerprint density at radius 2 is 1.87 bits per heavy atom. The Morgan fingerprint density at radius 3 is 2.27 bits per heavy atom. The first-order chi connectivity index (χ1) is 6.89. The second kappa shape index (κ2) is 5.26. The number of nitrogens with two attached hydrogens (primary N) is 1. The quantitative estimate of drug-likeness (QED) is 0.752. The van der Waals surface area contributed by atoms with Crippen molar-refractivity contribution in [3.8, 4) is 0 Å². The fourth-order valence-corrected chi connectivity index (χ4v) is 2.38. The predicted octanol–water partition coefficient (Wildman–Crippen LogP) is 2.42. The molecular formula is C12H24N2S. The number of piperidine rings is 1. The van der Waals surface area contributed by atoms with E-state index in [-0.39, 0.29) is 0 Å². The molecule has 1 fully saturated rings. The number of rotatable bonds is 3. The summed E-state index contributed by atoms with van der Waals surface area (Å²) in [5, 5.41) is 0. The summed E-state index contributed by atoms with van der Waals surface area (Å²) >= 11 is 4.90. The molecule has 0 aromatic carbocycles. The third-order valence-corrected chi connectivity index (χ3v) is 3.69. The topological polar surface area (TPSA) is 29.3 Å². The monoisotopic (exact) mass is 228 g/mol. The molecule has 0 atom stereocenters. The van der Waals surface area contributed by atoms with Crippen LogP contribution in [0.5, 0.6) is 0 Å². The molecule has 0 saturated carbocycles. The van der Waals surface area contributed by atoms with Crippen LogP contribution in [0.3, 0.4) is 0 Å². The van der Waals surface area contributed by atoms with Crippen LogP contribution in [0.1, 0.15) is 40.0 Å². The summed E-state index contributed by atoms with van der Waals surface area (Å²) in [5.41, 5.74) is 5.98. The van der Waals surface area contributed by atoms with E-state index in [0.717, 1.165) is 18.9 Å². The average molecular weight is 228 g/mol. The highest BCUT2D eigenvalue weighted by Gasteiger charge is 2.28. The summed E-state index contributed by atoms with van der Waals surface area (Å²) in [6, 6.07) is 0. The molecule has 1 heterocycles. The van der Waals surface area contributed by atoms with Gasteiger partial charge in [0.1, 0.15) is 0 Å². The van der Waals surface area contributed by atoms with E-state index in [9.17, 15) is 0 Å². The van der Waals surface area contributed by atoms with Crippen molar-refractivity contribution in [1.29, 1.82) is 0 Å². The zero-order chi connectivity index (χ0) is 11.5. The fraction of sp³-hybridized carbons (Fsp3) is 0.917. The molecule has 1 rings (SSSR count). The van der Waals surface area contributed by atoms with Gasteiger partial charge in [0.25, 0.3) is 0 Å². The summed E-state index contributed by atoms with van der Waals surface area (Å²) in [5.74, 6) is 0.874. The normalized spacial score (nSPS) is 20.5. The third-order valence-electron chi connectivity index (χ3n) is 3.49. The Hall–Kier alpha value is -0.150. The van der Waals surface area contributed by atoms with Gasteiger partial charge in [-0.25, -0.2) is 0 Å². The summed E-state index contributed by atoms with van der Waals surface area (Å²) < 4.78 is 0. The van der Waals surface area contributed by atoms with Gasteiger partial charge in [-0.15, -0.1) is 0 Å². The number of likely N-dealkylation sites (tertiary alicyclic amines) is 1. The lowest BCUT2D eigenvalue weighted by Crippen LogP contribution is -2.39. The van der Waals surface area contributed by atoms with Crippen molar-refractivity contribution in [1.82, 2.24) is 4.90 Å². The standard InChI is InChI=1S/C12H24N2S/c1-12(2,3)10-4-7-14(8-5-10)9-6-11(13)15/h10H,4-9H2,1-3H3,(H2,13,15). The summed E-state index contributed by atoms with van der Waals surface area (Å²) in [6.07, 6.45) is 3.51. The van der Waals surface area contributed by atoms with Gasteiger partial charge in [-0.1, -0.05) is 33.0 Å². The first-order valence-corrected chi connectivity index (χ1v) is 6.31. The van der Waals surface area contributed by atoms with Gasteiger partial charge in [0, 0.05) is 13.0 Å². The smallest absolute Gasteiger partial charge is 0.0740 e. The molecule has 1 saturated heterocycles. The zero-order valence-electron chi connectivity index (χ0n) is 10.3. The van der Waals surface area contributed by atoms with Crippen molar-refractivity contribution in [3.05, 3.63) is 0 Å². The van der Waals surface area contributed by atoms with Crippen LogP contribution in [-0.2, 0) is 0 Å². The average Bonchev–Trinajstić information content (AvgIpc) is 2.14. The molecule has 0 radical (unpaired) electrons. The lowest BCUT2D eigenvalue weighted by molar-refractivity contribution is 0.114. The van der Waals surface area contributed by atoms with E-state index in [1.54, 1.807) is 0 Å². The molecule has 0 bridgehead atoms. The minimum atomic E-state index is 0.468. The first-order valence-electron chi connectivity index (χ1n) is 5.90. The second-order valence-electron chi connectivity index (χ2n) is 5.70. The van der Waals surface area contributed by atoms with Gasteiger partial charge in [-0.2, -0.15) is 0 Å². The van der Waals surface area contributed by atoms with Crippen LogP contribution < -0.4 is 5.73 Å². The largest absolute Gasteiger partial charge is 0.393 e. The van der Waals surface area contributed by atoms with E-state index >= 15 is 0 Å². The molecular weight excluding hydrogens is 204 g/mol. The van der Waals surface area contributed by atoms with E-state index in [0.29, 0.717) is 10.4 Å². The van der Waals surface area contributed by atoms with Gasteiger partial charge in [0.05, 0.1) is 4.99 Å². The van der Waals surface area contributed by atoms with E-state index < -0.39 is 0 Å². The van der Waals surface area contributed by atoms with Crippen LogP contribution in [0.4, 0.5) is 0 Å². The minimum absolute atomic E-state index is 0.468. The highest BCUT2D eigenvalue weighted by atomic mass is 32.1. The summed E-state index contributed by atoms with van der Waals surface area (Å²) in [7, 11) is 0. The number of thiocarbonyl (C=S) groups is 1. The van der Waals surface area contributed by atoms with Crippen molar-refractivity contribution in [2.75, 3.05) is 19.6 Å². The maximum Gasteiger partial charge on any atom is 0.0740 e. The van der Waals surface area contributed by atoms with Gasteiger partial charge in [-0.3, -0.25) is 0 Å². The van der Waals surface area contributed by atoms with Crippen LogP contribution in [0.15, 0.2) is 0 Å². The zero-order valence-corrected chi connectivity index (χ0v) is 11.1. The van der Waals surface area contributed by atoms with Crippen molar-refractivity contribution in [2.45, 2.75) is 40.0 Å². The van der Waals surface area contributed by atoms with Crippen molar-refractivity contribution >= 4 is 17.2 Å².